The fraction of sp³-hybridized carbons (Fsp3) is 0.476. The SMILES string of the molecule is Cc1cc(-c2cc(C(=O)N3CCNC[C@@H]3C)c3cnn(C(C)C)c3n2)c(C)o1. The Bertz CT molecular complexity index is 1030. The Balaban J connectivity index is 1.91. The number of fused-ring (bicyclic) bond motifs is 1. The second kappa shape index (κ2) is 7.05. The van der Waals surface area contributed by atoms with E-state index in [0.29, 0.717) is 12.1 Å². The van der Waals surface area contributed by atoms with Crippen molar-refractivity contribution in [1.82, 2.24) is 25.0 Å². The summed E-state index contributed by atoms with van der Waals surface area (Å²) < 4.78 is 7.58. The van der Waals surface area contributed by atoms with Crippen LogP contribution in [0.3, 0.4) is 0 Å². The van der Waals surface area contributed by atoms with Gasteiger partial charge in [0.25, 0.3) is 5.91 Å². The molecule has 0 aliphatic carbocycles. The van der Waals surface area contributed by atoms with Gasteiger partial charge >= 0.3 is 0 Å². The fourth-order valence-corrected chi connectivity index (χ4v) is 3.89. The minimum atomic E-state index is 0.0313. The van der Waals surface area contributed by atoms with Gasteiger partial charge in [0.15, 0.2) is 5.65 Å². The maximum atomic E-state index is 13.5. The van der Waals surface area contributed by atoms with Crippen LogP contribution in [0.2, 0.25) is 0 Å². The lowest BCUT2D eigenvalue weighted by atomic mass is 10.0. The van der Waals surface area contributed by atoms with Gasteiger partial charge in [0.2, 0.25) is 0 Å². The molecule has 4 rings (SSSR count). The summed E-state index contributed by atoms with van der Waals surface area (Å²) in [4.78, 5) is 20.3. The Morgan fingerprint density at radius 2 is 2.11 bits per heavy atom. The maximum absolute atomic E-state index is 13.5. The van der Waals surface area contributed by atoms with Crippen molar-refractivity contribution in [3.05, 3.63) is 35.4 Å². The molecule has 148 valence electrons. The molecule has 7 nitrogen and oxygen atoms in total. The van der Waals surface area contributed by atoms with Crippen LogP contribution in [-0.2, 0) is 0 Å². The molecule has 0 spiro atoms. The van der Waals surface area contributed by atoms with E-state index in [9.17, 15) is 4.79 Å². The third-order valence-electron chi connectivity index (χ3n) is 5.37. The summed E-state index contributed by atoms with van der Waals surface area (Å²) in [6.07, 6.45) is 1.76. The molecule has 0 unspecified atom stereocenters. The van der Waals surface area contributed by atoms with Crippen molar-refractivity contribution in [2.75, 3.05) is 19.6 Å². The molecule has 1 atom stereocenters. The quantitative estimate of drug-likeness (QED) is 0.753. The molecule has 7 heteroatoms. The van der Waals surface area contributed by atoms with Crippen molar-refractivity contribution in [2.24, 2.45) is 0 Å². The van der Waals surface area contributed by atoms with Crippen molar-refractivity contribution < 1.29 is 9.21 Å². The van der Waals surface area contributed by atoms with Crippen molar-refractivity contribution in [3.8, 4) is 11.3 Å². The van der Waals surface area contributed by atoms with Crippen molar-refractivity contribution >= 4 is 16.9 Å². The van der Waals surface area contributed by atoms with Crippen LogP contribution in [0, 0.1) is 13.8 Å². The van der Waals surface area contributed by atoms with Gasteiger partial charge in [0, 0.05) is 37.3 Å². The predicted octanol–water partition coefficient (Wildman–Crippen LogP) is 3.32. The molecule has 0 aromatic carbocycles. The van der Waals surface area contributed by atoms with Crippen LogP contribution < -0.4 is 5.32 Å². The summed E-state index contributed by atoms with van der Waals surface area (Å²) in [5.41, 5.74) is 3.05. The van der Waals surface area contributed by atoms with E-state index < -0.39 is 0 Å². The molecule has 1 N–H and O–H groups in total. The van der Waals surface area contributed by atoms with Gasteiger partial charge in [-0.2, -0.15) is 5.10 Å². The number of carbonyl (C=O) groups excluding carboxylic acids is 1. The number of furan rings is 1. The standard InChI is InChI=1S/C21H27N5O2/c1-12(2)26-20-18(11-23-26)17(21(27)25-7-6-22-10-13(25)3)9-19(24-20)16-8-14(4)28-15(16)5/h8-9,11-13,22H,6-7,10H2,1-5H3/t13-/m0/s1. The number of nitrogens with zero attached hydrogens (tertiary/aromatic N) is 4. The second-order valence-electron chi connectivity index (χ2n) is 7.85. The number of hydrogen-bond donors (Lipinski definition) is 1. The highest BCUT2D eigenvalue weighted by Crippen LogP contribution is 2.30. The lowest BCUT2D eigenvalue weighted by Crippen LogP contribution is -2.52. The van der Waals surface area contributed by atoms with E-state index in [1.54, 1.807) is 6.20 Å². The highest BCUT2D eigenvalue weighted by Gasteiger charge is 2.27. The molecule has 0 bridgehead atoms. The lowest BCUT2D eigenvalue weighted by molar-refractivity contribution is 0.0658. The first-order valence-corrected chi connectivity index (χ1v) is 9.84. The molecule has 28 heavy (non-hydrogen) atoms. The second-order valence-corrected chi connectivity index (χ2v) is 7.85. The van der Waals surface area contributed by atoms with Crippen LogP contribution >= 0.6 is 0 Å². The van der Waals surface area contributed by atoms with Crippen LogP contribution in [-0.4, -0.2) is 51.2 Å². The van der Waals surface area contributed by atoms with Crippen LogP contribution in [0.25, 0.3) is 22.3 Å². The molecule has 1 aliphatic rings. The summed E-state index contributed by atoms with van der Waals surface area (Å²) in [6.45, 7) is 12.4. The zero-order chi connectivity index (χ0) is 20.0. The first-order chi connectivity index (χ1) is 13.4. The number of hydrogen-bond acceptors (Lipinski definition) is 5. The van der Waals surface area contributed by atoms with E-state index >= 15 is 0 Å². The third kappa shape index (κ3) is 3.09. The van der Waals surface area contributed by atoms with Crippen molar-refractivity contribution in [1.29, 1.82) is 0 Å². The van der Waals surface area contributed by atoms with Crippen LogP contribution in [0.1, 0.15) is 48.7 Å². The molecule has 1 amide bonds. The first kappa shape index (κ1) is 18.7. The van der Waals surface area contributed by atoms with Crippen molar-refractivity contribution in [2.45, 2.75) is 46.7 Å². The molecule has 3 aromatic heterocycles. The van der Waals surface area contributed by atoms with E-state index in [4.69, 9.17) is 9.40 Å². The highest BCUT2D eigenvalue weighted by atomic mass is 16.3. The van der Waals surface area contributed by atoms with Gasteiger partial charge in [0.1, 0.15) is 11.5 Å². The molecule has 0 saturated carbocycles. The number of carbonyl (C=O) groups is 1. The number of piperazine rings is 1. The van der Waals surface area contributed by atoms with Gasteiger partial charge in [-0.15, -0.1) is 0 Å². The Labute approximate surface area is 164 Å². The first-order valence-electron chi connectivity index (χ1n) is 9.84. The Morgan fingerprint density at radius 1 is 1.32 bits per heavy atom. The zero-order valence-electron chi connectivity index (χ0n) is 17.1. The number of aryl methyl sites for hydroxylation is 2. The minimum absolute atomic E-state index is 0.0313. The van der Waals surface area contributed by atoms with Gasteiger partial charge in [0.05, 0.1) is 22.8 Å². The van der Waals surface area contributed by atoms with E-state index in [-0.39, 0.29) is 18.0 Å². The summed E-state index contributed by atoms with van der Waals surface area (Å²) in [5, 5.41) is 8.65. The van der Waals surface area contributed by atoms with Gasteiger partial charge in [-0.25, -0.2) is 9.67 Å². The number of nitrogens with one attached hydrogen (secondary N) is 1. The minimum Gasteiger partial charge on any atom is -0.466 e. The van der Waals surface area contributed by atoms with Gasteiger partial charge in [-0.1, -0.05) is 0 Å². The molecule has 4 heterocycles. The molecule has 1 aliphatic heterocycles. The average molecular weight is 381 g/mol. The molecule has 1 fully saturated rings. The van der Waals surface area contributed by atoms with E-state index in [0.717, 1.165) is 46.9 Å². The monoisotopic (exact) mass is 381 g/mol. The topological polar surface area (TPSA) is 76.2 Å². The van der Waals surface area contributed by atoms with Gasteiger partial charge in [-0.3, -0.25) is 4.79 Å². The van der Waals surface area contributed by atoms with Crippen LogP contribution in [0.4, 0.5) is 0 Å². The Kier molecular flexibility index (Phi) is 4.71. The van der Waals surface area contributed by atoms with Crippen molar-refractivity contribution in [3.63, 3.8) is 0 Å². The predicted molar refractivity (Wildman–Crippen MR) is 108 cm³/mol. The Morgan fingerprint density at radius 3 is 2.75 bits per heavy atom. The highest BCUT2D eigenvalue weighted by molar-refractivity contribution is 6.06. The third-order valence-corrected chi connectivity index (χ3v) is 5.37. The van der Waals surface area contributed by atoms with Crippen LogP contribution in [0.15, 0.2) is 22.7 Å². The fourth-order valence-electron chi connectivity index (χ4n) is 3.89. The average Bonchev–Trinajstić information content (AvgIpc) is 3.23. The molecule has 1 saturated heterocycles. The lowest BCUT2D eigenvalue weighted by Gasteiger charge is -2.34. The summed E-state index contributed by atoms with van der Waals surface area (Å²) in [5.74, 6) is 1.66. The summed E-state index contributed by atoms with van der Waals surface area (Å²) >= 11 is 0. The Hall–Kier alpha value is -2.67. The van der Waals surface area contributed by atoms with E-state index in [2.05, 4.69) is 31.2 Å². The van der Waals surface area contributed by atoms with Gasteiger partial charge < -0.3 is 14.6 Å². The zero-order valence-corrected chi connectivity index (χ0v) is 17.1. The largest absolute Gasteiger partial charge is 0.466 e. The number of aromatic nitrogens is 3. The van der Waals surface area contributed by atoms with Gasteiger partial charge in [-0.05, 0) is 46.8 Å². The smallest absolute Gasteiger partial charge is 0.255 e. The van der Waals surface area contributed by atoms with Crippen LogP contribution in [0.5, 0.6) is 0 Å². The summed E-state index contributed by atoms with van der Waals surface area (Å²) in [7, 11) is 0. The number of rotatable bonds is 3. The van der Waals surface area contributed by atoms with E-state index in [1.165, 1.54) is 0 Å². The molecular weight excluding hydrogens is 354 g/mol. The maximum Gasteiger partial charge on any atom is 0.255 e. The number of pyridine rings is 1. The van der Waals surface area contributed by atoms with E-state index in [1.807, 2.05) is 35.6 Å². The molecule has 3 aromatic rings. The number of amides is 1. The summed E-state index contributed by atoms with van der Waals surface area (Å²) in [6, 6.07) is 4.16. The normalized spacial score (nSPS) is 17.6. The molecule has 0 radical (unpaired) electrons. The molecular formula is C21H27N5O2.